The number of aromatic nitrogens is 6. The quantitative estimate of drug-likeness (QED) is 0.411. The van der Waals surface area contributed by atoms with E-state index in [9.17, 15) is 13.2 Å². The van der Waals surface area contributed by atoms with Crippen molar-refractivity contribution >= 4 is 17.2 Å². The van der Waals surface area contributed by atoms with Gasteiger partial charge in [0.15, 0.2) is 5.65 Å². The third-order valence-electron chi connectivity index (χ3n) is 4.60. The van der Waals surface area contributed by atoms with Crippen molar-refractivity contribution in [3.05, 3.63) is 58.9 Å². The van der Waals surface area contributed by atoms with E-state index in [-0.39, 0.29) is 22.8 Å². The van der Waals surface area contributed by atoms with E-state index in [4.69, 9.17) is 16.3 Å². The summed E-state index contributed by atoms with van der Waals surface area (Å²) in [6, 6.07) is 4.83. The molecule has 11 heteroatoms. The summed E-state index contributed by atoms with van der Waals surface area (Å²) in [4.78, 5) is 8.33. The summed E-state index contributed by atoms with van der Waals surface area (Å²) in [7, 11) is 0. The SMILES string of the molecule is Cc1cc(Oc2cc(C(F)(F)F)ccc2-c2cncnc2C(C)C)nn2c(Cl)nnc12. The monoisotopic (exact) mass is 448 g/mol. The molecule has 0 bridgehead atoms. The molecule has 0 N–H and O–H groups in total. The van der Waals surface area contributed by atoms with Crippen molar-refractivity contribution in [3.63, 3.8) is 0 Å². The van der Waals surface area contributed by atoms with Crippen LogP contribution in [0.25, 0.3) is 16.8 Å². The second kappa shape index (κ2) is 7.77. The molecule has 0 saturated carbocycles. The van der Waals surface area contributed by atoms with Crippen LogP contribution >= 0.6 is 11.6 Å². The van der Waals surface area contributed by atoms with Crippen LogP contribution in [-0.2, 0) is 6.18 Å². The lowest BCUT2D eigenvalue weighted by Crippen LogP contribution is -2.06. The Balaban J connectivity index is 1.89. The van der Waals surface area contributed by atoms with Crippen molar-refractivity contribution in [3.8, 4) is 22.8 Å². The summed E-state index contributed by atoms with van der Waals surface area (Å²) < 4.78 is 47.3. The Kier molecular flexibility index (Phi) is 5.26. The van der Waals surface area contributed by atoms with Gasteiger partial charge in [-0.2, -0.15) is 17.7 Å². The number of rotatable bonds is 4. The molecule has 3 heterocycles. The maximum Gasteiger partial charge on any atom is 0.416 e. The van der Waals surface area contributed by atoms with Crippen LogP contribution in [0.15, 0.2) is 36.8 Å². The second-order valence-corrected chi connectivity index (χ2v) is 7.50. The highest BCUT2D eigenvalue weighted by Crippen LogP contribution is 2.40. The minimum Gasteiger partial charge on any atom is -0.437 e. The topological polar surface area (TPSA) is 78.1 Å². The fourth-order valence-corrected chi connectivity index (χ4v) is 3.30. The van der Waals surface area contributed by atoms with Crippen LogP contribution in [-0.4, -0.2) is 29.8 Å². The van der Waals surface area contributed by atoms with Gasteiger partial charge in [-0.05, 0) is 42.6 Å². The summed E-state index contributed by atoms with van der Waals surface area (Å²) in [5, 5.41) is 11.9. The molecule has 160 valence electrons. The lowest BCUT2D eigenvalue weighted by molar-refractivity contribution is -0.137. The van der Waals surface area contributed by atoms with E-state index in [0.717, 1.165) is 12.1 Å². The predicted molar refractivity (Wildman–Crippen MR) is 107 cm³/mol. The van der Waals surface area contributed by atoms with Crippen molar-refractivity contribution in [2.75, 3.05) is 0 Å². The number of ether oxygens (including phenoxy) is 1. The molecular weight excluding hydrogens is 433 g/mol. The second-order valence-electron chi connectivity index (χ2n) is 7.16. The molecule has 7 nitrogen and oxygen atoms in total. The van der Waals surface area contributed by atoms with Gasteiger partial charge in [-0.1, -0.05) is 13.8 Å². The van der Waals surface area contributed by atoms with Gasteiger partial charge >= 0.3 is 6.18 Å². The van der Waals surface area contributed by atoms with E-state index in [2.05, 4.69) is 25.3 Å². The predicted octanol–water partition coefficient (Wildman–Crippen LogP) is 5.48. The highest BCUT2D eigenvalue weighted by atomic mass is 35.5. The summed E-state index contributed by atoms with van der Waals surface area (Å²) in [5.41, 5.74) is 1.87. The molecule has 0 amide bonds. The maximum absolute atomic E-state index is 13.4. The number of hydrogen-bond donors (Lipinski definition) is 0. The van der Waals surface area contributed by atoms with E-state index in [0.29, 0.717) is 28.0 Å². The molecule has 0 aliphatic rings. The first-order chi connectivity index (χ1) is 14.6. The summed E-state index contributed by atoms with van der Waals surface area (Å²) >= 11 is 5.99. The minimum absolute atomic E-state index is 0.00590. The summed E-state index contributed by atoms with van der Waals surface area (Å²) in [6.45, 7) is 5.61. The number of nitrogens with zero attached hydrogens (tertiary/aromatic N) is 6. The molecule has 1 aromatic carbocycles. The van der Waals surface area contributed by atoms with Gasteiger partial charge in [0.2, 0.25) is 11.2 Å². The fraction of sp³-hybridized carbons (Fsp3) is 0.250. The molecule has 4 aromatic rings. The van der Waals surface area contributed by atoms with Gasteiger partial charge in [0.1, 0.15) is 12.1 Å². The van der Waals surface area contributed by atoms with Crippen LogP contribution < -0.4 is 4.74 Å². The van der Waals surface area contributed by atoms with Gasteiger partial charge in [-0.3, -0.25) is 0 Å². The number of fused-ring (bicyclic) bond motifs is 1. The third kappa shape index (κ3) is 4.02. The first-order valence-corrected chi connectivity index (χ1v) is 9.61. The molecule has 0 saturated heterocycles. The van der Waals surface area contributed by atoms with Gasteiger partial charge in [0.05, 0.1) is 11.3 Å². The van der Waals surface area contributed by atoms with Gasteiger partial charge in [-0.25, -0.2) is 9.97 Å². The lowest BCUT2D eigenvalue weighted by atomic mass is 9.97. The van der Waals surface area contributed by atoms with Crippen LogP contribution in [0.2, 0.25) is 5.28 Å². The molecule has 0 atom stereocenters. The number of halogens is 4. The van der Waals surface area contributed by atoms with Crippen LogP contribution in [0.1, 0.15) is 36.6 Å². The Morgan fingerprint density at radius 1 is 1.10 bits per heavy atom. The average molecular weight is 449 g/mol. The zero-order valence-electron chi connectivity index (χ0n) is 16.6. The fourth-order valence-electron chi connectivity index (χ4n) is 3.15. The van der Waals surface area contributed by atoms with E-state index >= 15 is 0 Å². The Hall–Kier alpha value is -3.27. The van der Waals surface area contributed by atoms with Gasteiger partial charge < -0.3 is 4.74 Å². The van der Waals surface area contributed by atoms with Gasteiger partial charge in [0.25, 0.3) is 0 Å². The molecule has 3 aromatic heterocycles. The van der Waals surface area contributed by atoms with Crippen LogP contribution in [0, 0.1) is 6.92 Å². The van der Waals surface area contributed by atoms with Crippen LogP contribution in [0.3, 0.4) is 0 Å². The molecule has 0 aliphatic heterocycles. The van der Waals surface area contributed by atoms with Crippen LogP contribution in [0.5, 0.6) is 11.6 Å². The molecule has 0 aliphatic carbocycles. The highest BCUT2D eigenvalue weighted by Gasteiger charge is 2.32. The van der Waals surface area contributed by atoms with Crippen molar-refractivity contribution < 1.29 is 17.9 Å². The Morgan fingerprint density at radius 3 is 2.58 bits per heavy atom. The Morgan fingerprint density at radius 2 is 1.87 bits per heavy atom. The van der Waals surface area contributed by atoms with Crippen molar-refractivity contribution in [1.82, 2.24) is 29.8 Å². The molecule has 31 heavy (non-hydrogen) atoms. The number of hydrogen-bond acceptors (Lipinski definition) is 6. The zero-order chi connectivity index (χ0) is 22.3. The van der Waals surface area contributed by atoms with Crippen molar-refractivity contribution in [1.29, 1.82) is 0 Å². The Labute approximate surface area is 179 Å². The number of alkyl halides is 3. The number of aryl methyl sites for hydroxylation is 1. The number of benzene rings is 1. The van der Waals surface area contributed by atoms with E-state index in [1.165, 1.54) is 16.9 Å². The van der Waals surface area contributed by atoms with Crippen molar-refractivity contribution in [2.24, 2.45) is 0 Å². The molecular formula is C20H16ClF3N6O. The van der Waals surface area contributed by atoms with Gasteiger partial charge in [0, 0.05) is 29.0 Å². The average Bonchev–Trinajstić information content (AvgIpc) is 3.08. The standard InChI is InChI=1S/C20H16ClF3N6O/c1-10(2)17-14(8-25-9-26-17)13-5-4-12(20(22,23)24)7-15(13)31-16-6-11(3)18-27-28-19(21)30(18)29-16/h4-10H,1-3H3. The van der Waals surface area contributed by atoms with E-state index in [1.54, 1.807) is 19.2 Å². The first kappa shape index (κ1) is 21.0. The molecule has 0 fully saturated rings. The normalized spacial score (nSPS) is 12.0. The largest absolute Gasteiger partial charge is 0.437 e. The highest BCUT2D eigenvalue weighted by molar-refractivity contribution is 6.28. The molecule has 0 unspecified atom stereocenters. The molecule has 0 spiro atoms. The van der Waals surface area contributed by atoms with E-state index < -0.39 is 11.7 Å². The third-order valence-corrected chi connectivity index (χ3v) is 4.83. The maximum atomic E-state index is 13.4. The lowest BCUT2D eigenvalue weighted by Gasteiger charge is -2.17. The summed E-state index contributed by atoms with van der Waals surface area (Å²) in [6.07, 6.45) is -1.60. The Bertz CT molecular complexity index is 1270. The zero-order valence-corrected chi connectivity index (χ0v) is 17.4. The van der Waals surface area contributed by atoms with Crippen LogP contribution in [0.4, 0.5) is 13.2 Å². The molecule has 0 radical (unpaired) electrons. The van der Waals surface area contributed by atoms with Crippen molar-refractivity contribution in [2.45, 2.75) is 32.9 Å². The van der Waals surface area contributed by atoms with Gasteiger partial charge in [-0.15, -0.1) is 15.3 Å². The van der Waals surface area contributed by atoms with E-state index in [1.807, 2.05) is 13.8 Å². The molecule has 4 rings (SSSR count). The first-order valence-electron chi connectivity index (χ1n) is 9.23. The summed E-state index contributed by atoms with van der Waals surface area (Å²) in [5.74, 6) is 0.0119. The smallest absolute Gasteiger partial charge is 0.416 e. The minimum atomic E-state index is -4.55.